The van der Waals surface area contributed by atoms with Gasteiger partial charge in [0.1, 0.15) is 6.61 Å². The van der Waals surface area contributed by atoms with E-state index in [1.165, 1.54) is 0 Å². The van der Waals surface area contributed by atoms with Gasteiger partial charge in [0.15, 0.2) is 11.5 Å². The first-order valence-electron chi connectivity index (χ1n) is 6.64. The maximum Gasteiger partial charge on any atom is 0.166 e. The molecule has 0 amide bonds. The molecule has 0 radical (unpaired) electrons. The minimum atomic E-state index is -0.135. The largest absolute Gasteiger partial charge is 0.493 e. The van der Waals surface area contributed by atoms with Crippen LogP contribution in [0, 0.1) is 0 Å². The molecule has 1 heterocycles. The number of morpholine rings is 1. The highest BCUT2D eigenvalue weighted by Crippen LogP contribution is 2.34. The molecule has 0 saturated carbocycles. The Bertz CT molecular complexity index is 410. The number of hydrogen-bond donors (Lipinski definition) is 1. The van der Waals surface area contributed by atoms with E-state index in [1.54, 1.807) is 19.2 Å². The summed E-state index contributed by atoms with van der Waals surface area (Å²) in [5.74, 6) is 1.11. The van der Waals surface area contributed by atoms with Crippen molar-refractivity contribution in [3.8, 4) is 11.5 Å². The van der Waals surface area contributed by atoms with Gasteiger partial charge in [0, 0.05) is 36.3 Å². The Labute approximate surface area is 124 Å². The normalized spacial score (nSPS) is 16.1. The summed E-state index contributed by atoms with van der Waals surface area (Å²) in [6, 6.07) is 3.37. The third-order valence-electron chi connectivity index (χ3n) is 3.24. The summed E-state index contributed by atoms with van der Waals surface area (Å²) in [7, 11) is 1.56. The highest BCUT2D eigenvalue weighted by Gasteiger charge is 2.14. The minimum absolute atomic E-state index is 0.135. The van der Waals surface area contributed by atoms with E-state index in [0.29, 0.717) is 28.7 Å². The van der Waals surface area contributed by atoms with Crippen LogP contribution < -0.4 is 9.47 Å². The van der Waals surface area contributed by atoms with Crippen molar-refractivity contribution in [2.45, 2.75) is 6.61 Å². The number of benzene rings is 1. The molecule has 0 unspecified atom stereocenters. The number of nitrogens with zero attached hydrogens (tertiary/aromatic N) is 1. The van der Waals surface area contributed by atoms with Gasteiger partial charge in [-0.1, -0.05) is 11.6 Å². The Morgan fingerprint density at radius 1 is 1.35 bits per heavy atom. The average Bonchev–Trinajstić information content (AvgIpc) is 2.49. The number of rotatable bonds is 6. The third-order valence-corrected chi connectivity index (χ3v) is 3.46. The number of ether oxygens (including phenoxy) is 3. The maximum absolute atomic E-state index is 9.39. The van der Waals surface area contributed by atoms with Gasteiger partial charge in [0.2, 0.25) is 0 Å². The van der Waals surface area contributed by atoms with Crippen LogP contribution in [0.25, 0.3) is 0 Å². The van der Waals surface area contributed by atoms with Crippen LogP contribution in [-0.4, -0.2) is 56.6 Å². The molecule has 0 bridgehead atoms. The van der Waals surface area contributed by atoms with Crippen molar-refractivity contribution in [3.05, 3.63) is 22.7 Å². The zero-order valence-electron chi connectivity index (χ0n) is 11.6. The molecule has 0 aliphatic carbocycles. The molecule has 112 valence electrons. The number of aliphatic hydroxyl groups excluding tert-OH is 1. The molecule has 6 heteroatoms. The fraction of sp³-hybridized carbons (Fsp3) is 0.571. The summed E-state index contributed by atoms with van der Waals surface area (Å²) < 4.78 is 16.3. The number of halogens is 1. The minimum Gasteiger partial charge on any atom is -0.493 e. The van der Waals surface area contributed by atoms with E-state index in [2.05, 4.69) is 4.90 Å². The van der Waals surface area contributed by atoms with Crippen LogP contribution in [0.1, 0.15) is 5.56 Å². The van der Waals surface area contributed by atoms with Crippen molar-refractivity contribution in [1.82, 2.24) is 4.90 Å². The molecule has 1 saturated heterocycles. The van der Waals surface area contributed by atoms with E-state index in [-0.39, 0.29) is 6.61 Å². The molecule has 0 atom stereocenters. The predicted molar refractivity (Wildman–Crippen MR) is 76.7 cm³/mol. The van der Waals surface area contributed by atoms with Gasteiger partial charge in [-0.15, -0.1) is 0 Å². The van der Waals surface area contributed by atoms with E-state index in [1.807, 2.05) is 0 Å². The van der Waals surface area contributed by atoms with Gasteiger partial charge in [0.25, 0.3) is 0 Å². The van der Waals surface area contributed by atoms with Crippen LogP contribution in [-0.2, 0) is 11.3 Å². The Kier molecular flexibility index (Phi) is 5.91. The molecule has 5 nitrogen and oxygen atoms in total. The Hall–Kier alpha value is -1.01. The van der Waals surface area contributed by atoms with Gasteiger partial charge in [-0.2, -0.15) is 0 Å². The first-order valence-corrected chi connectivity index (χ1v) is 7.02. The van der Waals surface area contributed by atoms with Crippen LogP contribution in [0.4, 0.5) is 0 Å². The monoisotopic (exact) mass is 301 g/mol. The van der Waals surface area contributed by atoms with E-state index in [4.69, 9.17) is 25.8 Å². The second-order valence-electron chi connectivity index (χ2n) is 4.56. The molecular weight excluding hydrogens is 282 g/mol. The van der Waals surface area contributed by atoms with Gasteiger partial charge in [-0.3, -0.25) is 4.90 Å². The molecule has 20 heavy (non-hydrogen) atoms. The molecule has 1 aromatic rings. The lowest BCUT2D eigenvalue weighted by molar-refractivity contribution is 0.0320. The van der Waals surface area contributed by atoms with Gasteiger partial charge < -0.3 is 19.3 Å². The van der Waals surface area contributed by atoms with Gasteiger partial charge in [-0.25, -0.2) is 0 Å². The highest BCUT2D eigenvalue weighted by atomic mass is 35.5. The summed E-state index contributed by atoms with van der Waals surface area (Å²) in [6.07, 6.45) is 0. The Morgan fingerprint density at radius 2 is 2.10 bits per heavy atom. The average molecular weight is 302 g/mol. The smallest absolute Gasteiger partial charge is 0.166 e. The fourth-order valence-electron chi connectivity index (χ4n) is 2.16. The summed E-state index contributed by atoms with van der Waals surface area (Å²) in [5, 5.41) is 9.91. The third kappa shape index (κ3) is 3.99. The van der Waals surface area contributed by atoms with E-state index in [9.17, 15) is 5.11 Å². The summed E-state index contributed by atoms with van der Waals surface area (Å²) in [6.45, 7) is 4.61. The van der Waals surface area contributed by atoms with Crippen LogP contribution >= 0.6 is 11.6 Å². The number of aliphatic hydroxyl groups is 1. The van der Waals surface area contributed by atoms with Crippen molar-refractivity contribution >= 4 is 11.6 Å². The molecule has 1 N–H and O–H groups in total. The number of methoxy groups -OCH3 is 1. The molecule has 0 aromatic heterocycles. The summed E-state index contributed by atoms with van der Waals surface area (Å²) in [4.78, 5) is 2.28. The molecule has 1 aliphatic heterocycles. The zero-order chi connectivity index (χ0) is 14.4. The molecule has 1 aromatic carbocycles. The van der Waals surface area contributed by atoms with Crippen LogP contribution in [0.5, 0.6) is 11.5 Å². The van der Waals surface area contributed by atoms with Crippen molar-refractivity contribution in [2.24, 2.45) is 0 Å². The molecule has 2 rings (SSSR count). The SMILES string of the molecule is COc1cc(Cl)cc(CO)c1OCCN1CCOCC1. The Morgan fingerprint density at radius 3 is 2.75 bits per heavy atom. The molecule has 0 spiro atoms. The van der Waals surface area contributed by atoms with Crippen molar-refractivity contribution in [2.75, 3.05) is 46.6 Å². The second-order valence-corrected chi connectivity index (χ2v) is 4.99. The lowest BCUT2D eigenvalue weighted by atomic mass is 10.2. The van der Waals surface area contributed by atoms with E-state index >= 15 is 0 Å². The van der Waals surface area contributed by atoms with Crippen LogP contribution in [0.3, 0.4) is 0 Å². The molecular formula is C14H20ClNO4. The van der Waals surface area contributed by atoms with Crippen LogP contribution in [0.2, 0.25) is 5.02 Å². The highest BCUT2D eigenvalue weighted by molar-refractivity contribution is 6.30. The standard InChI is InChI=1S/C14H20ClNO4/c1-18-13-9-12(15)8-11(10-17)14(13)20-7-4-16-2-5-19-6-3-16/h8-9,17H,2-7,10H2,1H3. The first-order chi connectivity index (χ1) is 9.74. The number of hydrogen-bond acceptors (Lipinski definition) is 5. The van der Waals surface area contributed by atoms with Crippen molar-refractivity contribution < 1.29 is 19.3 Å². The topological polar surface area (TPSA) is 51.2 Å². The lowest BCUT2D eigenvalue weighted by Gasteiger charge is -2.26. The van der Waals surface area contributed by atoms with E-state index in [0.717, 1.165) is 32.8 Å². The summed E-state index contributed by atoms with van der Waals surface area (Å²) >= 11 is 5.97. The van der Waals surface area contributed by atoms with Gasteiger partial charge in [0.05, 0.1) is 26.9 Å². The van der Waals surface area contributed by atoms with E-state index < -0.39 is 0 Å². The fourth-order valence-corrected chi connectivity index (χ4v) is 2.39. The first kappa shape index (κ1) is 15.4. The Balaban J connectivity index is 1.97. The maximum atomic E-state index is 9.39. The summed E-state index contributed by atoms with van der Waals surface area (Å²) in [5.41, 5.74) is 0.635. The molecule has 1 fully saturated rings. The quantitative estimate of drug-likeness (QED) is 0.864. The van der Waals surface area contributed by atoms with Crippen molar-refractivity contribution in [1.29, 1.82) is 0 Å². The lowest BCUT2D eigenvalue weighted by Crippen LogP contribution is -2.38. The predicted octanol–water partition coefficient (Wildman–Crippen LogP) is 1.55. The zero-order valence-corrected chi connectivity index (χ0v) is 12.4. The van der Waals surface area contributed by atoms with Crippen molar-refractivity contribution in [3.63, 3.8) is 0 Å². The van der Waals surface area contributed by atoms with Gasteiger partial charge in [-0.05, 0) is 6.07 Å². The molecule has 1 aliphatic rings. The van der Waals surface area contributed by atoms with Crippen LogP contribution in [0.15, 0.2) is 12.1 Å². The second kappa shape index (κ2) is 7.69. The van der Waals surface area contributed by atoms with Gasteiger partial charge >= 0.3 is 0 Å².